The maximum absolute atomic E-state index is 12.2. The van der Waals surface area contributed by atoms with Crippen molar-refractivity contribution in [2.45, 2.75) is 38.1 Å². The van der Waals surface area contributed by atoms with Gasteiger partial charge in [0.25, 0.3) is 0 Å². The molecule has 2 aromatic rings. The average molecular weight is 342 g/mol. The van der Waals surface area contributed by atoms with E-state index < -0.39 is 0 Å². The number of aromatic hydroxyl groups is 1. The van der Waals surface area contributed by atoms with Crippen molar-refractivity contribution in [1.29, 1.82) is 0 Å². The van der Waals surface area contributed by atoms with Gasteiger partial charge in [-0.3, -0.25) is 9.69 Å². The standard InChI is InChI=1S/C20H26N2O3/c23-18-8-3-2-7-16(18)10-11-20(24)21-15-17(19-9-6-14-25-19)22-12-4-1-5-13-22/h2-3,6-9,14,17,23H,1,4-5,10-13,15H2,(H,21,24). The van der Waals surface area contributed by atoms with Crippen LogP contribution in [0.1, 0.15) is 43.0 Å². The molecule has 1 unspecified atom stereocenters. The number of benzene rings is 1. The fourth-order valence-corrected chi connectivity index (χ4v) is 3.39. The van der Waals surface area contributed by atoms with Crippen molar-refractivity contribution in [3.05, 3.63) is 54.0 Å². The predicted molar refractivity (Wildman–Crippen MR) is 96.3 cm³/mol. The molecule has 1 amide bonds. The number of carbonyl (C=O) groups excluding carboxylic acids is 1. The zero-order chi connectivity index (χ0) is 17.5. The molecule has 1 aliphatic rings. The monoisotopic (exact) mass is 342 g/mol. The van der Waals surface area contributed by atoms with Gasteiger partial charge in [0.15, 0.2) is 0 Å². The van der Waals surface area contributed by atoms with Gasteiger partial charge in [-0.2, -0.15) is 0 Å². The van der Waals surface area contributed by atoms with Crippen molar-refractivity contribution in [3.8, 4) is 5.75 Å². The van der Waals surface area contributed by atoms with Crippen molar-refractivity contribution in [2.75, 3.05) is 19.6 Å². The van der Waals surface area contributed by atoms with Crippen LogP contribution < -0.4 is 5.32 Å². The summed E-state index contributed by atoms with van der Waals surface area (Å²) < 4.78 is 5.60. The van der Waals surface area contributed by atoms with Gasteiger partial charge in [-0.1, -0.05) is 24.6 Å². The Morgan fingerprint density at radius 3 is 2.68 bits per heavy atom. The van der Waals surface area contributed by atoms with Crippen LogP contribution in [0.5, 0.6) is 5.75 Å². The fraction of sp³-hybridized carbons (Fsp3) is 0.450. The quantitative estimate of drug-likeness (QED) is 0.810. The van der Waals surface area contributed by atoms with E-state index in [1.165, 1.54) is 19.3 Å². The van der Waals surface area contributed by atoms with Gasteiger partial charge in [-0.25, -0.2) is 0 Å². The number of aryl methyl sites for hydroxylation is 1. The number of rotatable bonds is 7. The van der Waals surface area contributed by atoms with Crippen LogP contribution in [0.2, 0.25) is 0 Å². The van der Waals surface area contributed by atoms with E-state index in [-0.39, 0.29) is 17.7 Å². The lowest BCUT2D eigenvalue weighted by molar-refractivity contribution is -0.121. The van der Waals surface area contributed by atoms with Crippen molar-refractivity contribution in [1.82, 2.24) is 10.2 Å². The lowest BCUT2D eigenvalue weighted by atomic mass is 10.1. The molecule has 3 rings (SSSR count). The number of hydrogen-bond acceptors (Lipinski definition) is 4. The number of nitrogens with one attached hydrogen (secondary N) is 1. The molecule has 5 heteroatoms. The zero-order valence-electron chi connectivity index (χ0n) is 14.5. The molecule has 0 radical (unpaired) electrons. The summed E-state index contributed by atoms with van der Waals surface area (Å²) in [6.07, 6.45) is 6.24. The molecular weight excluding hydrogens is 316 g/mol. The highest BCUT2D eigenvalue weighted by Gasteiger charge is 2.24. The Kier molecular flexibility index (Phi) is 6.12. The summed E-state index contributed by atoms with van der Waals surface area (Å²) in [4.78, 5) is 14.6. The lowest BCUT2D eigenvalue weighted by Crippen LogP contribution is -2.40. The van der Waals surface area contributed by atoms with E-state index in [1.807, 2.05) is 24.3 Å². The third-order valence-corrected chi connectivity index (χ3v) is 4.81. The second-order valence-corrected chi connectivity index (χ2v) is 6.56. The predicted octanol–water partition coefficient (Wildman–Crippen LogP) is 3.26. The van der Waals surface area contributed by atoms with Gasteiger partial charge >= 0.3 is 0 Å². The van der Waals surface area contributed by atoms with Crippen LogP contribution in [-0.4, -0.2) is 35.5 Å². The first-order valence-corrected chi connectivity index (χ1v) is 9.05. The van der Waals surface area contributed by atoms with Crippen LogP contribution >= 0.6 is 0 Å². The molecule has 5 nitrogen and oxygen atoms in total. The number of piperidine rings is 1. The van der Waals surface area contributed by atoms with Crippen LogP contribution in [0.4, 0.5) is 0 Å². The molecule has 1 aromatic heterocycles. The molecule has 134 valence electrons. The summed E-state index contributed by atoms with van der Waals surface area (Å²) in [6, 6.07) is 11.1. The number of nitrogens with zero attached hydrogens (tertiary/aromatic N) is 1. The summed E-state index contributed by atoms with van der Waals surface area (Å²) >= 11 is 0. The third-order valence-electron chi connectivity index (χ3n) is 4.81. The Morgan fingerprint density at radius 2 is 1.96 bits per heavy atom. The van der Waals surface area contributed by atoms with Crippen molar-refractivity contribution in [3.63, 3.8) is 0 Å². The second kappa shape index (κ2) is 8.72. The van der Waals surface area contributed by atoms with Gasteiger partial charge in [0.1, 0.15) is 11.5 Å². The Labute approximate surface area is 148 Å². The highest BCUT2D eigenvalue weighted by atomic mass is 16.3. The van der Waals surface area contributed by atoms with Gasteiger partial charge < -0.3 is 14.8 Å². The number of phenols is 1. The van der Waals surface area contributed by atoms with E-state index >= 15 is 0 Å². The van der Waals surface area contributed by atoms with Crippen LogP contribution in [0.25, 0.3) is 0 Å². The molecule has 2 heterocycles. The first-order chi connectivity index (χ1) is 12.2. The smallest absolute Gasteiger partial charge is 0.220 e. The molecule has 25 heavy (non-hydrogen) atoms. The minimum Gasteiger partial charge on any atom is -0.508 e. The van der Waals surface area contributed by atoms with Crippen LogP contribution in [0.15, 0.2) is 47.1 Å². The van der Waals surface area contributed by atoms with E-state index in [0.717, 1.165) is 24.4 Å². The van der Waals surface area contributed by atoms with E-state index in [4.69, 9.17) is 4.42 Å². The number of carbonyl (C=O) groups is 1. The molecule has 1 atom stereocenters. The first-order valence-electron chi connectivity index (χ1n) is 9.05. The van der Waals surface area contributed by atoms with Gasteiger partial charge in [0.05, 0.1) is 12.3 Å². The van der Waals surface area contributed by atoms with E-state index in [1.54, 1.807) is 18.4 Å². The Balaban J connectivity index is 1.53. The number of likely N-dealkylation sites (tertiary alicyclic amines) is 1. The normalized spacial score (nSPS) is 16.5. The average Bonchev–Trinajstić information content (AvgIpc) is 3.16. The number of para-hydroxylation sites is 1. The molecule has 0 saturated carbocycles. The molecule has 0 spiro atoms. The van der Waals surface area contributed by atoms with Gasteiger partial charge in [-0.15, -0.1) is 0 Å². The van der Waals surface area contributed by atoms with Crippen molar-refractivity contribution < 1.29 is 14.3 Å². The summed E-state index contributed by atoms with van der Waals surface area (Å²) in [6.45, 7) is 2.63. The summed E-state index contributed by atoms with van der Waals surface area (Å²) in [7, 11) is 0. The van der Waals surface area contributed by atoms with E-state index in [0.29, 0.717) is 19.4 Å². The molecule has 0 aliphatic carbocycles. The third kappa shape index (κ3) is 4.86. The topological polar surface area (TPSA) is 65.7 Å². The maximum Gasteiger partial charge on any atom is 0.220 e. The lowest BCUT2D eigenvalue weighted by Gasteiger charge is -2.33. The minimum absolute atomic E-state index is 0.00295. The summed E-state index contributed by atoms with van der Waals surface area (Å²) in [5.41, 5.74) is 0.802. The van der Waals surface area contributed by atoms with Gasteiger partial charge in [0.2, 0.25) is 5.91 Å². The Hall–Kier alpha value is -2.27. The second-order valence-electron chi connectivity index (χ2n) is 6.56. The molecule has 0 bridgehead atoms. The highest BCUT2D eigenvalue weighted by Crippen LogP contribution is 2.24. The first kappa shape index (κ1) is 17.5. The maximum atomic E-state index is 12.2. The molecular formula is C20H26N2O3. The molecule has 1 aromatic carbocycles. The summed E-state index contributed by atoms with van der Waals surface area (Å²) in [5, 5.41) is 12.8. The highest BCUT2D eigenvalue weighted by molar-refractivity contribution is 5.76. The van der Waals surface area contributed by atoms with Crippen LogP contribution in [0, 0.1) is 0 Å². The van der Waals surface area contributed by atoms with Crippen LogP contribution in [0.3, 0.4) is 0 Å². The SMILES string of the molecule is O=C(CCc1ccccc1O)NCC(c1ccco1)N1CCCCC1. The number of furan rings is 1. The van der Waals surface area contributed by atoms with Crippen LogP contribution in [-0.2, 0) is 11.2 Å². The Bertz CT molecular complexity index is 663. The molecule has 1 fully saturated rings. The summed E-state index contributed by atoms with van der Waals surface area (Å²) in [5.74, 6) is 1.15. The van der Waals surface area contributed by atoms with Gasteiger partial charge in [-0.05, 0) is 56.1 Å². The molecule has 2 N–H and O–H groups in total. The van der Waals surface area contributed by atoms with Crippen molar-refractivity contribution >= 4 is 5.91 Å². The van der Waals surface area contributed by atoms with Crippen molar-refractivity contribution in [2.24, 2.45) is 0 Å². The largest absolute Gasteiger partial charge is 0.508 e. The minimum atomic E-state index is -0.00295. The Morgan fingerprint density at radius 1 is 1.16 bits per heavy atom. The number of phenolic OH excluding ortho intramolecular Hbond substituents is 1. The number of hydrogen-bond donors (Lipinski definition) is 2. The number of amides is 1. The van der Waals surface area contributed by atoms with E-state index in [9.17, 15) is 9.90 Å². The molecule has 1 aliphatic heterocycles. The fourth-order valence-electron chi connectivity index (χ4n) is 3.39. The van der Waals surface area contributed by atoms with Gasteiger partial charge in [0, 0.05) is 13.0 Å². The molecule has 1 saturated heterocycles. The zero-order valence-corrected chi connectivity index (χ0v) is 14.5. The van der Waals surface area contributed by atoms with E-state index in [2.05, 4.69) is 10.2 Å².